The fourth-order valence-electron chi connectivity index (χ4n) is 2.17. The van der Waals surface area contributed by atoms with Crippen molar-refractivity contribution >= 4 is 21.8 Å². The smallest absolute Gasteiger partial charge is 0.255 e. The number of furan rings is 1. The summed E-state index contributed by atoms with van der Waals surface area (Å²) in [6.45, 7) is 10.7. The Kier molecular flexibility index (Phi) is 5.65. The number of rotatable bonds is 6. The molecule has 0 aliphatic heterocycles. The number of halogens is 1. The Morgan fingerprint density at radius 3 is 2.37 bits per heavy atom. The number of nitrogens with one attached hydrogen (secondary N) is 1. The van der Waals surface area contributed by atoms with Gasteiger partial charge in [0.2, 0.25) is 0 Å². The average molecular weight is 330 g/mol. The maximum atomic E-state index is 12.2. The van der Waals surface area contributed by atoms with E-state index in [9.17, 15) is 4.79 Å². The maximum absolute atomic E-state index is 12.2. The van der Waals surface area contributed by atoms with E-state index in [1.807, 2.05) is 20.8 Å². The molecular weight excluding hydrogens is 306 g/mol. The van der Waals surface area contributed by atoms with Crippen LogP contribution in [0.15, 0.2) is 4.42 Å². The van der Waals surface area contributed by atoms with Crippen LogP contribution in [0.3, 0.4) is 0 Å². The number of carbonyl (C=O) groups excluding carboxylic acids is 1. The van der Waals surface area contributed by atoms with Crippen LogP contribution in [0.25, 0.3) is 0 Å². The lowest BCUT2D eigenvalue weighted by molar-refractivity contribution is 0.0932. The number of alkyl halides is 1. The van der Waals surface area contributed by atoms with Gasteiger partial charge in [-0.15, -0.1) is 0 Å². The first-order valence-corrected chi connectivity index (χ1v) is 7.81. The molecule has 3 nitrogen and oxygen atoms in total. The van der Waals surface area contributed by atoms with Gasteiger partial charge < -0.3 is 9.73 Å². The van der Waals surface area contributed by atoms with Gasteiger partial charge in [-0.1, -0.05) is 29.8 Å². The predicted molar refractivity (Wildman–Crippen MR) is 82.1 cm³/mol. The quantitative estimate of drug-likeness (QED) is 0.797. The van der Waals surface area contributed by atoms with Crippen LogP contribution < -0.4 is 5.32 Å². The summed E-state index contributed by atoms with van der Waals surface area (Å²) in [4.78, 5) is 12.2. The Balaban J connectivity index is 2.65. The molecule has 0 saturated carbocycles. The molecule has 0 saturated heterocycles. The maximum Gasteiger partial charge on any atom is 0.255 e. The third-order valence-electron chi connectivity index (χ3n) is 3.50. The van der Waals surface area contributed by atoms with Gasteiger partial charge in [-0.25, -0.2) is 0 Å². The Morgan fingerprint density at radius 2 is 1.89 bits per heavy atom. The van der Waals surface area contributed by atoms with Crippen LogP contribution in [-0.4, -0.2) is 17.8 Å². The lowest BCUT2D eigenvalue weighted by Crippen LogP contribution is -2.34. The Bertz CT molecular complexity index is 449. The molecule has 0 atom stereocenters. The fourth-order valence-corrected chi connectivity index (χ4v) is 2.45. The van der Waals surface area contributed by atoms with Crippen molar-refractivity contribution in [3.05, 3.63) is 22.6 Å². The summed E-state index contributed by atoms with van der Waals surface area (Å²) in [6, 6.07) is 0. The highest BCUT2D eigenvalue weighted by molar-refractivity contribution is 9.09. The molecule has 0 spiro atoms. The highest BCUT2D eigenvalue weighted by Crippen LogP contribution is 2.23. The molecule has 0 radical (unpaired) electrons. The highest BCUT2D eigenvalue weighted by atomic mass is 79.9. The van der Waals surface area contributed by atoms with Gasteiger partial charge in [0.1, 0.15) is 11.5 Å². The zero-order valence-corrected chi connectivity index (χ0v) is 14.1. The van der Waals surface area contributed by atoms with E-state index in [2.05, 4.69) is 35.1 Å². The van der Waals surface area contributed by atoms with Gasteiger partial charge >= 0.3 is 0 Å². The normalized spacial score (nSPS) is 11.7. The molecule has 1 amide bonds. The van der Waals surface area contributed by atoms with Crippen LogP contribution in [0.2, 0.25) is 0 Å². The van der Waals surface area contributed by atoms with E-state index >= 15 is 0 Å². The summed E-state index contributed by atoms with van der Waals surface area (Å²) in [5, 5.41) is 4.03. The van der Waals surface area contributed by atoms with E-state index in [0.717, 1.165) is 29.5 Å². The topological polar surface area (TPSA) is 42.2 Å². The third kappa shape index (κ3) is 4.37. The Morgan fingerprint density at radius 1 is 1.26 bits per heavy atom. The highest BCUT2D eigenvalue weighted by Gasteiger charge is 2.22. The summed E-state index contributed by atoms with van der Waals surface area (Å²) >= 11 is 3.44. The minimum atomic E-state index is -0.0289. The fraction of sp³-hybridized carbons (Fsp3) is 0.667. The summed E-state index contributed by atoms with van der Waals surface area (Å²) in [5.41, 5.74) is 1.74. The van der Waals surface area contributed by atoms with Crippen molar-refractivity contribution in [3.63, 3.8) is 0 Å². The van der Waals surface area contributed by atoms with E-state index in [1.54, 1.807) is 0 Å². The van der Waals surface area contributed by atoms with Gasteiger partial charge in [0, 0.05) is 17.4 Å². The molecule has 0 unspecified atom stereocenters. The van der Waals surface area contributed by atoms with Crippen molar-refractivity contribution in [2.45, 2.75) is 47.5 Å². The molecule has 1 rings (SSSR count). The zero-order chi connectivity index (χ0) is 14.6. The van der Waals surface area contributed by atoms with Crippen LogP contribution in [0.4, 0.5) is 0 Å². The van der Waals surface area contributed by atoms with Gasteiger partial charge in [-0.3, -0.25) is 4.79 Å². The minimum Gasteiger partial charge on any atom is -0.466 e. The second-order valence-corrected chi connectivity index (χ2v) is 6.65. The molecule has 0 bridgehead atoms. The van der Waals surface area contributed by atoms with Crippen LogP contribution >= 0.6 is 15.9 Å². The molecule has 108 valence electrons. The molecule has 1 aromatic heterocycles. The summed E-state index contributed by atoms with van der Waals surface area (Å²) in [6.07, 6.45) is 2.20. The predicted octanol–water partition coefficient (Wildman–Crippen LogP) is 4.14. The summed E-state index contributed by atoms with van der Waals surface area (Å²) in [5.74, 6) is 1.49. The van der Waals surface area contributed by atoms with Gasteiger partial charge in [-0.05, 0) is 39.0 Å². The van der Waals surface area contributed by atoms with E-state index in [0.29, 0.717) is 17.9 Å². The lowest BCUT2D eigenvalue weighted by Gasteiger charge is -2.24. The monoisotopic (exact) mass is 329 g/mol. The molecule has 1 aromatic rings. The van der Waals surface area contributed by atoms with Crippen molar-refractivity contribution in [1.29, 1.82) is 0 Å². The number of amides is 1. The van der Waals surface area contributed by atoms with Crippen LogP contribution in [0.5, 0.6) is 0 Å². The summed E-state index contributed by atoms with van der Waals surface area (Å²) < 4.78 is 5.50. The van der Waals surface area contributed by atoms with E-state index in [-0.39, 0.29) is 11.3 Å². The van der Waals surface area contributed by atoms with Crippen molar-refractivity contribution in [2.75, 3.05) is 11.9 Å². The number of hydrogen-bond donors (Lipinski definition) is 1. The van der Waals surface area contributed by atoms with E-state index < -0.39 is 0 Å². The van der Waals surface area contributed by atoms with Crippen LogP contribution in [0, 0.1) is 26.2 Å². The number of aryl methyl sites for hydroxylation is 2. The molecule has 0 aromatic carbocycles. The molecule has 0 aliphatic rings. The second kappa shape index (κ2) is 6.60. The first-order chi connectivity index (χ1) is 8.78. The largest absolute Gasteiger partial charge is 0.466 e. The average Bonchev–Trinajstić information content (AvgIpc) is 2.58. The first kappa shape index (κ1) is 16.3. The molecular formula is C15H24BrNO2. The van der Waals surface area contributed by atoms with E-state index in [1.165, 1.54) is 0 Å². The molecule has 1 N–H and O–H groups in total. The van der Waals surface area contributed by atoms with Gasteiger partial charge in [0.05, 0.1) is 5.56 Å². The van der Waals surface area contributed by atoms with Crippen LogP contribution in [0.1, 0.15) is 54.1 Å². The second-order valence-electron chi connectivity index (χ2n) is 5.85. The van der Waals surface area contributed by atoms with Gasteiger partial charge in [0.25, 0.3) is 5.91 Å². The molecule has 4 heteroatoms. The lowest BCUT2D eigenvalue weighted by atomic mass is 9.88. The SMILES string of the molecule is Cc1oc(C)c(C(=O)NCC(C)(C)CCCBr)c1C. The van der Waals surface area contributed by atoms with Crippen molar-refractivity contribution in [1.82, 2.24) is 5.32 Å². The van der Waals surface area contributed by atoms with Crippen molar-refractivity contribution < 1.29 is 9.21 Å². The number of hydrogen-bond acceptors (Lipinski definition) is 2. The van der Waals surface area contributed by atoms with Crippen molar-refractivity contribution in [2.24, 2.45) is 5.41 Å². The minimum absolute atomic E-state index is 0.0289. The Labute approximate surface area is 124 Å². The zero-order valence-electron chi connectivity index (χ0n) is 12.5. The number of carbonyl (C=O) groups is 1. The molecule has 0 aliphatic carbocycles. The van der Waals surface area contributed by atoms with E-state index in [4.69, 9.17) is 4.42 Å². The van der Waals surface area contributed by atoms with Gasteiger partial charge in [-0.2, -0.15) is 0 Å². The third-order valence-corrected chi connectivity index (χ3v) is 4.06. The van der Waals surface area contributed by atoms with Crippen LogP contribution in [-0.2, 0) is 0 Å². The summed E-state index contributed by atoms with van der Waals surface area (Å²) in [7, 11) is 0. The molecule has 1 heterocycles. The molecule has 0 fully saturated rings. The van der Waals surface area contributed by atoms with Gasteiger partial charge in [0.15, 0.2) is 0 Å². The first-order valence-electron chi connectivity index (χ1n) is 6.69. The molecule has 19 heavy (non-hydrogen) atoms. The van der Waals surface area contributed by atoms with Crippen molar-refractivity contribution in [3.8, 4) is 0 Å². The standard InChI is InChI=1S/C15H24BrNO2/c1-10-11(2)19-12(3)13(10)14(18)17-9-15(4,5)7-6-8-16/h6-9H2,1-5H3,(H,17,18). The Hall–Kier alpha value is -0.770.